The molecule has 4 aromatic rings. The summed E-state index contributed by atoms with van der Waals surface area (Å²) in [5.74, 6) is -0.132. The summed E-state index contributed by atoms with van der Waals surface area (Å²) in [6.45, 7) is 13.8. The third kappa shape index (κ3) is 14.5. The molecule has 0 radical (unpaired) electrons. The van der Waals surface area contributed by atoms with E-state index < -0.39 is 5.24 Å². The van der Waals surface area contributed by atoms with E-state index in [4.69, 9.17) is 36.3 Å². The van der Waals surface area contributed by atoms with Gasteiger partial charge in [-0.05, 0) is 99.4 Å². The van der Waals surface area contributed by atoms with Crippen LogP contribution in [0.15, 0.2) is 97.6 Å². The average molecular weight is 747 g/mol. The minimum Gasteiger partial charge on any atom is -0.353 e. The van der Waals surface area contributed by atoms with Crippen LogP contribution in [0, 0.1) is 0 Å². The van der Waals surface area contributed by atoms with Crippen molar-refractivity contribution in [1.82, 2.24) is 24.9 Å². The van der Waals surface area contributed by atoms with Crippen LogP contribution in [0.5, 0.6) is 0 Å². The fourth-order valence-electron chi connectivity index (χ4n) is 5.10. The van der Waals surface area contributed by atoms with E-state index in [1.807, 2.05) is 82.7 Å². The number of nitrogens with one attached hydrogen (secondary N) is 1. The van der Waals surface area contributed by atoms with Gasteiger partial charge in [-0.1, -0.05) is 37.4 Å². The van der Waals surface area contributed by atoms with Crippen molar-refractivity contribution in [1.29, 1.82) is 0 Å². The lowest BCUT2D eigenvalue weighted by atomic mass is 10.2. The number of amides is 1. The minimum atomic E-state index is -0.463. The van der Waals surface area contributed by atoms with Crippen LogP contribution in [0.2, 0.25) is 0 Å². The highest BCUT2D eigenvalue weighted by atomic mass is 35.5. The number of hydrogen-bond acceptors (Lipinski definition) is 9. The van der Waals surface area contributed by atoms with Crippen molar-refractivity contribution >= 4 is 22.8 Å². The van der Waals surface area contributed by atoms with Gasteiger partial charge in [-0.25, -0.2) is 9.36 Å². The Morgan fingerprint density at radius 2 is 1.23 bits per heavy atom. The van der Waals surface area contributed by atoms with E-state index in [2.05, 4.69) is 28.7 Å². The van der Waals surface area contributed by atoms with Crippen molar-refractivity contribution in [2.75, 3.05) is 13.2 Å². The number of hydrogen-bond donors (Lipinski definition) is 2. The highest BCUT2D eigenvalue weighted by molar-refractivity contribution is 6.67. The Labute approximate surface area is 316 Å². The molecule has 2 aliphatic heterocycles. The normalized spacial score (nSPS) is 16.7. The predicted octanol–water partition coefficient (Wildman–Crippen LogP) is 6.81. The summed E-state index contributed by atoms with van der Waals surface area (Å²) in [5.41, 5.74) is 12.7. The second-order valence-electron chi connectivity index (χ2n) is 12.9. The monoisotopic (exact) mass is 746 g/mol. The van der Waals surface area contributed by atoms with Crippen molar-refractivity contribution in [3.8, 4) is 11.4 Å². The molecule has 2 aromatic heterocycles. The zero-order valence-corrected chi connectivity index (χ0v) is 31.4. The maximum absolute atomic E-state index is 11.5. The number of ether oxygens (including phenoxy) is 4. The summed E-state index contributed by atoms with van der Waals surface area (Å²) >= 11 is 4.87. The van der Waals surface area contributed by atoms with Gasteiger partial charge in [-0.3, -0.25) is 9.59 Å². The molecule has 13 heteroatoms. The Morgan fingerprint density at radius 3 is 1.60 bits per heavy atom. The lowest BCUT2D eigenvalue weighted by molar-refractivity contribution is -0.169. The number of allylic oxidation sites excluding steroid dienone is 1. The third-order valence-electron chi connectivity index (χ3n) is 8.23. The van der Waals surface area contributed by atoms with Crippen LogP contribution < -0.4 is 11.1 Å². The van der Waals surface area contributed by atoms with Gasteiger partial charge in [0.05, 0.1) is 37.0 Å². The molecule has 12 nitrogen and oxygen atoms in total. The van der Waals surface area contributed by atoms with Crippen molar-refractivity contribution in [2.45, 2.75) is 91.3 Å². The van der Waals surface area contributed by atoms with Crippen molar-refractivity contribution < 1.29 is 28.5 Å². The Bertz CT molecular complexity index is 1730. The van der Waals surface area contributed by atoms with Crippen LogP contribution in [0.4, 0.5) is 0 Å². The average Bonchev–Trinajstić information content (AvgIpc) is 3.87. The van der Waals surface area contributed by atoms with Crippen molar-refractivity contribution in [2.24, 2.45) is 5.73 Å². The zero-order valence-electron chi connectivity index (χ0n) is 30.7. The molecule has 53 heavy (non-hydrogen) atoms. The van der Waals surface area contributed by atoms with E-state index in [1.165, 1.54) is 6.42 Å². The molecule has 2 fully saturated rings. The molecule has 284 valence electrons. The van der Waals surface area contributed by atoms with Crippen LogP contribution in [-0.2, 0) is 54.8 Å². The van der Waals surface area contributed by atoms with Crippen LogP contribution in [0.1, 0.15) is 74.6 Å². The number of carbonyl (C=O) groups is 2. The van der Waals surface area contributed by atoms with E-state index in [0.717, 1.165) is 78.9 Å². The lowest BCUT2D eigenvalue weighted by Gasteiger charge is -2.22. The molecule has 0 aliphatic carbocycles. The van der Waals surface area contributed by atoms with Gasteiger partial charge in [0.2, 0.25) is 11.1 Å². The predicted molar refractivity (Wildman–Crippen MR) is 204 cm³/mol. The SMILES string of the molecule is C=C(C)C(=O)Cl.C=C(C)C(=O)NCc1ccc(-n2cc(COC3CCCCO3)cn2)cc1.NCc1ccc(-n2cc(COC3CCCCO3)cn2)cc1. The van der Waals surface area contributed by atoms with Gasteiger partial charge < -0.3 is 30.0 Å². The van der Waals surface area contributed by atoms with Crippen LogP contribution in [0.25, 0.3) is 11.4 Å². The summed E-state index contributed by atoms with van der Waals surface area (Å²) in [5, 5.41) is 11.1. The molecular weight excluding hydrogens is 696 g/mol. The van der Waals surface area contributed by atoms with E-state index in [-0.39, 0.29) is 18.5 Å². The van der Waals surface area contributed by atoms with Crippen molar-refractivity contribution in [3.63, 3.8) is 0 Å². The molecule has 0 saturated carbocycles. The zero-order chi connectivity index (χ0) is 38.0. The first-order valence-corrected chi connectivity index (χ1v) is 18.2. The number of benzene rings is 2. The van der Waals surface area contributed by atoms with E-state index in [9.17, 15) is 9.59 Å². The third-order valence-corrected chi connectivity index (χ3v) is 8.56. The molecule has 2 atom stereocenters. The standard InChI is InChI=1S/C20H25N3O3.C16H21N3O2.C4H5ClO/c1-15(2)20(24)21-11-16-6-8-18(9-7-16)23-13-17(12-22-23)14-26-19-5-3-4-10-25-19;17-9-13-4-6-15(7-5-13)19-11-14(10-18-19)12-21-16-3-1-2-8-20-16;1-3(2)4(5)6/h6-9,12-13,19H,1,3-5,10-11,14H2,2H3,(H,21,24);4-7,10-11,16H,1-3,8-9,12,17H2;1H2,2H3. The van der Waals surface area contributed by atoms with Crippen LogP contribution >= 0.6 is 11.6 Å². The maximum atomic E-state index is 11.5. The summed E-state index contributed by atoms with van der Waals surface area (Å²) in [7, 11) is 0. The van der Waals surface area contributed by atoms with Gasteiger partial charge in [0.25, 0.3) is 0 Å². The van der Waals surface area contributed by atoms with Gasteiger partial charge in [0.15, 0.2) is 12.6 Å². The molecule has 1 amide bonds. The Morgan fingerprint density at radius 1 is 0.774 bits per heavy atom. The fourth-order valence-corrected chi connectivity index (χ4v) is 5.10. The number of halogens is 1. The van der Waals surface area contributed by atoms with Gasteiger partial charge in [0.1, 0.15) is 0 Å². The van der Waals surface area contributed by atoms with Gasteiger partial charge >= 0.3 is 0 Å². The molecule has 6 rings (SSSR count). The number of nitrogens with zero attached hydrogens (tertiary/aromatic N) is 4. The molecule has 3 N–H and O–H groups in total. The Hall–Kier alpha value is -4.43. The number of carbonyl (C=O) groups excluding carboxylic acids is 2. The fraction of sp³-hybridized carbons (Fsp3) is 0.400. The Balaban J connectivity index is 0.000000209. The lowest BCUT2D eigenvalue weighted by Crippen LogP contribution is -2.22. The van der Waals surface area contributed by atoms with Crippen molar-refractivity contribution in [3.05, 3.63) is 120 Å². The second-order valence-corrected chi connectivity index (χ2v) is 13.2. The quantitative estimate of drug-likeness (QED) is 0.111. The molecule has 2 aliphatic rings. The highest BCUT2D eigenvalue weighted by Gasteiger charge is 2.16. The first-order chi connectivity index (χ1) is 25.6. The smallest absolute Gasteiger partial charge is 0.247 e. The van der Waals surface area contributed by atoms with Gasteiger partial charge in [0, 0.05) is 61.0 Å². The molecule has 2 aromatic carbocycles. The van der Waals surface area contributed by atoms with Gasteiger partial charge in [-0.2, -0.15) is 10.2 Å². The van der Waals surface area contributed by atoms with E-state index in [1.54, 1.807) is 13.8 Å². The minimum absolute atomic E-state index is 0.0639. The topological polar surface area (TPSA) is 145 Å². The molecular formula is C40H51ClN6O6. The summed E-state index contributed by atoms with van der Waals surface area (Å²) in [6, 6.07) is 16.0. The van der Waals surface area contributed by atoms with E-state index in [0.29, 0.717) is 37.4 Å². The molecule has 0 spiro atoms. The number of rotatable bonds is 13. The largest absolute Gasteiger partial charge is 0.353 e. The summed E-state index contributed by atoms with van der Waals surface area (Å²) in [6.07, 6.45) is 13.9. The Kier molecular flexibility index (Phi) is 17.1. The first kappa shape index (κ1) is 41.3. The maximum Gasteiger partial charge on any atom is 0.247 e. The molecule has 2 saturated heterocycles. The van der Waals surface area contributed by atoms with Gasteiger partial charge in [-0.15, -0.1) is 0 Å². The summed E-state index contributed by atoms with van der Waals surface area (Å²) in [4.78, 5) is 21.3. The highest BCUT2D eigenvalue weighted by Crippen LogP contribution is 2.18. The first-order valence-electron chi connectivity index (χ1n) is 17.8. The van der Waals surface area contributed by atoms with Crippen LogP contribution in [0.3, 0.4) is 0 Å². The molecule has 0 bridgehead atoms. The number of nitrogens with two attached hydrogens (primary N) is 1. The molecule has 2 unspecified atom stereocenters. The summed E-state index contributed by atoms with van der Waals surface area (Å²) < 4.78 is 26.3. The second kappa shape index (κ2) is 21.9. The number of aromatic nitrogens is 4. The van der Waals surface area contributed by atoms with E-state index >= 15 is 0 Å². The molecule has 4 heterocycles. The van der Waals surface area contributed by atoms with Crippen LogP contribution in [-0.4, -0.2) is 56.5 Å².